The fourth-order valence-corrected chi connectivity index (χ4v) is 5.58. The number of oxime groups is 1. The topological polar surface area (TPSA) is 40.0 Å². The van der Waals surface area contributed by atoms with Crippen molar-refractivity contribution in [3.8, 4) is 0 Å². The zero-order valence-corrected chi connectivity index (χ0v) is 21.3. The van der Waals surface area contributed by atoms with Gasteiger partial charge in [0.05, 0.1) is 17.9 Å². The summed E-state index contributed by atoms with van der Waals surface area (Å²) in [5.74, 6) is 0.267. The van der Waals surface area contributed by atoms with Crippen molar-refractivity contribution in [2.24, 2.45) is 11.1 Å². The van der Waals surface area contributed by atoms with E-state index in [0.717, 1.165) is 18.6 Å². The lowest BCUT2D eigenvalue weighted by molar-refractivity contribution is 0.0606. The molecule has 26 heavy (non-hydrogen) atoms. The third-order valence-electron chi connectivity index (χ3n) is 6.74. The van der Waals surface area contributed by atoms with E-state index >= 15 is 0 Å². The third kappa shape index (κ3) is 5.66. The lowest BCUT2D eigenvalue weighted by Gasteiger charge is -2.46. The number of hydrogen-bond acceptors (Lipinski definition) is 4. The predicted molar refractivity (Wildman–Crippen MR) is 117 cm³/mol. The molecule has 0 N–H and O–H groups in total. The molecule has 0 amide bonds. The number of hydrogen-bond donors (Lipinski definition) is 0. The average Bonchev–Trinajstić information content (AvgIpc) is 2.40. The molecule has 0 aliphatic heterocycles. The minimum absolute atomic E-state index is 0.147. The van der Waals surface area contributed by atoms with Crippen LogP contribution in [0.15, 0.2) is 5.16 Å². The molecule has 154 valence electrons. The van der Waals surface area contributed by atoms with E-state index in [9.17, 15) is 0 Å². The van der Waals surface area contributed by atoms with Gasteiger partial charge in [0.25, 0.3) is 0 Å². The molecule has 0 spiro atoms. The SMILES string of the molecule is CO/N=C1\C[C@H](O[Si](C)(C)C(C)(C)C)C[C@H](O[Si](C)(C)C(C)(C)C)C1C. The highest BCUT2D eigenvalue weighted by atomic mass is 28.4. The van der Waals surface area contributed by atoms with Gasteiger partial charge in [-0.15, -0.1) is 0 Å². The number of rotatable bonds is 5. The quantitative estimate of drug-likeness (QED) is 0.407. The lowest BCUT2D eigenvalue weighted by atomic mass is 9.84. The zero-order valence-electron chi connectivity index (χ0n) is 19.3. The van der Waals surface area contributed by atoms with Crippen LogP contribution in [-0.2, 0) is 13.7 Å². The molecule has 1 rings (SSSR count). The van der Waals surface area contributed by atoms with E-state index in [-0.39, 0.29) is 28.2 Å². The summed E-state index contributed by atoms with van der Waals surface area (Å²) in [6.45, 7) is 25.3. The molecule has 1 unspecified atom stereocenters. The van der Waals surface area contributed by atoms with Gasteiger partial charge in [-0.25, -0.2) is 0 Å². The Bertz CT molecular complexity index is 504. The third-order valence-corrected chi connectivity index (χ3v) is 15.8. The molecular weight excluding hydrogens is 358 g/mol. The molecule has 0 heterocycles. The van der Waals surface area contributed by atoms with Gasteiger partial charge < -0.3 is 13.7 Å². The Morgan fingerprint density at radius 1 is 0.885 bits per heavy atom. The van der Waals surface area contributed by atoms with Gasteiger partial charge in [-0.05, 0) is 42.7 Å². The Labute approximate surface area is 164 Å². The van der Waals surface area contributed by atoms with Crippen LogP contribution in [0.3, 0.4) is 0 Å². The molecule has 0 aromatic carbocycles. The highest BCUT2D eigenvalue weighted by Crippen LogP contribution is 2.42. The lowest BCUT2D eigenvalue weighted by Crippen LogP contribution is -2.52. The van der Waals surface area contributed by atoms with Crippen LogP contribution < -0.4 is 0 Å². The molecule has 6 heteroatoms. The van der Waals surface area contributed by atoms with E-state index < -0.39 is 16.6 Å². The van der Waals surface area contributed by atoms with Crippen LogP contribution in [0.4, 0.5) is 0 Å². The summed E-state index contributed by atoms with van der Waals surface area (Å²) < 4.78 is 13.5. The van der Waals surface area contributed by atoms with Gasteiger partial charge in [-0.1, -0.05) is 53.6 Å². The van der Waals surface area contributed by atoms with Gasteiger partial charge >= 0.3 is 0 Å². The van der Waals surface area contributed by atoms with Crippen LogP contribution in [0, 0.1) is 5.92 Å². The van der Waals surface area contributed by atoms with E-state index in [1.807, 2.05) is 0 Å². The largest absolute Gasteiger partial charge is 0.413 e. The molecule has 0 saturated heterocycles. The highest BCUT2D eigenvalue weighted by molar-refractivity contribution is 6.74. The van der Waals surface area contributed by atoms with E-state index in [1.165, 1.54) is 0 Å². The fraction of sp³-hybridized carbons (Fsp3) is 0.950. The Balaban J connectivity index is 3.06. The minimum atomic E-state index is -1.85. The zero-order chi connectivity index (χ0) is 20.6. The summed E-state index contributed by atoms with van der Waals surface area (Å²) in [5, 5.41) is 4.73. The monoisotopic (exact) mass is 401 g/mol. The molecule has 4 nitrogen and oxygen atoms in total. The Hall–Kier alpha value is -0.176. The normalized spacial score (nSPS) is 27.7. The van der Waals surface area contributed by atoms with Gasteiger partial charge in [-0.2, -0.15) is 0 Å². The fourth-order valence-electron chi connectivity index (χ4n) is 2.81. The first kappa shape index (κ1) is 23.9. The Morgan fingerprint density at radius 3 is 1.77 bits per heavy atom. The van der Waals surface area contributed by atoms with Crippen molar-refractivity contribution >= 4 is 22.3 Å². The molecular formula is C20H43NO3Si2. The summed E-state index contributed by atoms with van der Waals surface area (Å²) >= 11 is 0. The molecule has 0 bridgehead atoms. The average molecular weight is 402 g/mol. The Morgan fingerprint density at radius 2 is 1.35 bits per heavy atom. The second-order valence-corrected chi connectivity index (χ2v) is 20.4. The summed E-state index contributed by atoms with van der Waals surface area (Å²) in [6, 6.07) is 0. The van der Waals surface area contributed by atoms with Crippen LogP contribution in [0.1, 0.15) is 61.3 Å². The van der Waals surface area contributed by atoms with Crippen molar-refractivity contribution in [1.29, 1.82) is 0 Å². The van der Waals surface area contributed by atoms with Crippen molar-refractivity contribution in [1.82, 2.24) is 0 Å². The van der Waals surface area contributed by atoms with E-state index in [0.29, 0.717) is 0 Å². The van der Waals surface area contributed by atoms with Crippen molar-refractivity contribution in [2.75, 3.05) is 7.11 Å². The maximum absolute atomic E-state index is 6.80. The first-order valence-electron chi connectivity index (χ1n) is 9.97. The first-order valence-corrected chi connectivity index (χ1v) is 15.8. The van der Waals surface area contributed by atoms with Gasteiger partial charge in [0.1, 0.15) is 7.11 Å². The molecule has 0 aromatic heterocycles. The molecule has 1 saturated carbocycles. The van der Waals surface area contributed by atoms with Crippen molar-refractivity contribution in [2.45, 2.75) is 110 Å². The van der Waals surface area contributed by atoms with E-state index in [1.54, 1.807) is 7.11 Å². The summed E-state index contributed by atoms with van der Waals surface area (Å²) in [4.78, 5) is 5.14. The van der Waals surface area contributed by atoms with Crippen LogP contribution in [0.2, 0.25) is 36.3 Å². The maximum Gasteiger partial charge on any atom is 0.192 e. The molecule has 0 aromatic rings. The van der Waals surface area contributed by atoms with Gasteiger partial charge in [0, 0.05) is 12.3 Å². The smallest absolute Gasteiger partial charge is 0.192 e. The van der Waals surface area contributed by atoms with Gasteiger partial charge in [0.15, 0.2) is 16.6 Å². The van der Waals surface area contributed by atoms with Crippen molar-refractivity contribution in [3.05, 3.63) is 0 Å². The molecule has 1 fully saturated rings. The van der Waals surface area contributed by atoms with Crippen molar-refractivity contribution in [3.63, 3.8) is 0 Å². The van der Waals surface area contributed by atoms with Crippen LogP contribution in [0.25, 0.3) is 0 Å². The van der Waals surface area contributed by atoms with Gasteiger partial charge in [0.2, 0.25) is 0 Å². The van der Waals surface area contributed by atoms with Gasteiger partial charge in [-0.3, -0.25) is 0 Å². The summed E-state index contributed by atoms with van der Waals surface area (Å²) in [7, 11) is -2.06. The van der Waals surface area contributed by atoms with Crippen LogP contribution >= 0.6 is 0 Å². The summed E-state index contributed by atoms with van der Waals surface area (Å²) in [6.07, 6.45) is 2.10. The minimum Gasteiger partial charge on any atom is -0.413 e. The standard InChI is InChI=1S/C20H43NO3Si2/c1-15-17(21-22-8)13-16(23-25(9,10)19(2,3)4)14-18(15)24-26(11,12)20(5,6)7/h15-16,18H,13-14H2,1-12H3/b21-17+/t15?,16-,18-/m0/s1. The summed E-state index contributed by atoms with van der Waals surface area (Å²) in [5.41, 5.74) is 1.08. The van der Waals surface area contributed by atoms with Crippen molar-refractivity contribution < 1.29 is 13.7 Å². The van der Waals surface area contributed by atoms with Crippen LogP contribution in [0.5, 0.6) is 0 Å². The molecule has 1 aliphatic carbocycles. The number of nitrogens with zero attached hydrogens (tertiary/aromatic N) is 1. The highest BCUT2D eigenvalue weighted by Gasteiger charge is 2.46. The molecule has 0 radical (unpaired) electrons. The van der Waals surface area contributed by atoms with E-state index in [2.05, 4.69) is 79.8 Å². The van der Waals surface area contributed by atoms with E-state index in [4.69, 9.17) is 13.7 Å². The molecule has 1 aliphatic rings. The first-order chi connectivity index (χ1) is 11.5. The second-order valence-electron chi connectivity index (χ2n) is 10.9. The second kappa shape index (κ2) is 8.05. The van der Waals surface area contributed by atoms with Crippen LogP contribution in [-0.4, -0.2) is 41.7 Å². The molecule has 3 atom stereocenters. The predicted octanol–water partition coefficient (Wildman–Crippen LogP) is 6.20. The maximum atomic E-state index is 6.80. The Kier molecular flexibility index (Phi) is 7.39.